The Labute approximate surface area is 136 Å². The molecule has 1 unspecified atom stereocenters. The van der Waals surface area contributed by atoms with E-state index in [0.717, 1.165) is 38.9 Å². The minimum absolute atomic E-state index is 0.0308. The van der Waals surface area contributed by atoms with Crippen LogP contribution in [0.3, 0.4) is 0 Å². The monoisotopic (exact) mass is 400 g/mol. The average molecular weight is 402 g/mol. The molecule has 2 rings (SSSR count). The van der Waals surface area contributed by atoms with E-state index in [0.29, 0.717) is 0 Å². The number of nitrogens with one attached hydrogen (secondary N) is 1. The van der Waals surface area contributed by atoms with Crippen LogP contribution in [-0.4, -0.2) is 9.78 Å². The van der Waals surface area contributed by atoms with Crippen LogP contribution in [0.2, 0.25) is 0 Å². The summed E-state index contributed by atoms with van der Waals surface area (Å²) in [5, 5.41) is 4.52. The fraction of sp³-hybridized carbons (Fsp3) is 0.357. The van der Waals surface area contributed by atoms with Crippen LogP contribution in [0.5, 0.6) is 0 Å². The van der Waals surface area contributed by atoms with E-state index in [1.54, 1.807) is 0 Å². The first-order valence-electron chi connectivity index (χ1n) is 6.50. The van der Waals surface area contributed by atoms with E-state index in [-0.39, 0.29) is 6.04 Å². The summed E-state index contributed by atoms with van der Waals surface area (Å²) in [5.41, 5.74) is 6.21. The number of aromatic nitrogens is 2. The number of hydrogen-bond acceptors (Lipinski definition) is 3. The van der Waals surface area contributed by atoms with Crippen LogP contribution in [-0.2, 0) is 13.0 Å². The van der Waals surface area contributed by atoms with Crippen LogP contribution in [0, 0.1) is 6.92 Å². The Morgan fingerprint density at radius 2 is 2.05 bits per heavy atom. The maximum absolute atomic E-state index is 5.75. The van der Waals surface area contributed by atoms with Gasteiger partial charge in [0.1, 0.15) is 0 Å². The van der Waals surface area contributed by atoms with Gasteiger partial charge in [-0.1, -0.05) is 34.1 Å². The Bertz CT molecular complexity index is 595. The third kappa shape index (κ3) is 3.14. The molecule has 108 valence electrons. The van der Waals surface area contributed by atoms with Crippen molar-refractivity contribution in [1.29, 1.82) is 0 Å². The average Bonchev–Trinajstić information content (AvgIpc) is 2.73. The maximum atomic E-state index is 5.75. The lowest BCUT2D eigenvalue weighted by Crippen LogP contribution is -2.30. The van der Waals surface area contributed by atoms with Crippen LogP contribution in [0.4, 0.5) is 0 Å². The molecule has 6 heteroatoms. The van der Waals surface area contributed by atoms with E-state index in [4.69, 9.17) is 5.84 Å². The van der Waals surface area contributed by atoms with Gasteiger partial charge in [0.15, 0.2) is 0 Å². The quantitative estimate of drug-likeness (QED) is 0.595. The summed E-state index contributed by atoms with van der Waals surface area (Å²) >= 11 is 7.21. The predicted octanol–water partition coefficient (Wildman–Crippen LogP) is 3.48. The van der Waals surface area contributed by atoms with E-state index < -0.39 is 0 Å². The molecule has 0 aliphatic heterocycles. The number of nitrogens with zero attached hydrogens (tertiary/aromatic N) is 2. The fourth-order valence-electron chi connectivity index (χ4n) is 2.27. The van der Waals surface area contributed by atoms with Gasteiger partial charge in [-0.05, 0) is 41.4 Å². The van der Waals surface area contributed by atoms with Crippen LogP contribution < -0.4 is 11.3 Å². The molecule has 0 aliphatic rings. The second-order valence-corrected chi connectivity index (χ2v) is 6.25. The second kappa shape index (κ2) is 6.85. The first-order valence-corrected chi connectivity index (χ1v) is 8.09. The zero-order valence-corrected chi connectivity index (χ0v) is 14.7. The molecule has 2 aromatic rings. The lowest BCUT2D eigenvalue weighted by atomic mass is 10.0. The van der Waals surface area contributed by atoms with Crippen molar-refractivity contribution in [3.63, 3.8) is 0 Å². The Morgan fingerprint density at radius 3 is 2.65 bits per heavy atom. The van der Waals surface area contributed by atoms with Crippen molar-refractivity contribution in [2.45, 2.75) is 32.9 Å². The van der Waals surface area contributed by atoms with E-state index >= 15 is 0 Å². The van der Waals surface area contributed by atoms with Gasteiger partial charge in [-0.2, -0.15) is 5.10 Å². The first-order chi connectivity index (χ1) is 9.58. The van der Waals surface area contributed by atoms with Gasteiger partial charge in [0.05, 0.1) is 21.9 Å². The summed E-state index contributed by atoms with van der Waals surface area (Å²) in [5.74, 6) is 5.75. The molecular weight excluding hydrogens is 384 g/mol. The molecule has 0 bridgehead atoms. The fourth-order valence-corrected chi connectivity index (χ4v) is 3.28. The molecule has 0 amide bonds. The predicted molar refractivity (Wildman–Crippen MR) is 88.2 cm³/mol. The van der Waals surface area contributed by atoms with Gasteiger partial charge >= 0.3 is 0 Å². The molecular formula is C14H18Br2N4. The Hall–Kier alpha value is -0.690. The highest BCUT2D eigenvalue weighted by Gasteiger charge is 2.19. The van der Waals surface area contributed by atoms with Crippen molar-refractivity contribution < 1.29 is 0 Å². The smallest absolute Gasteiger partial charge is 0.0738 e. The Kier molecular flexibility index (Phi) is 5.37. The van der Waals surface area contributed by atoms with Crippen molar-refractivity contribution in [3.05, 3.63) is 50.2 Å². The molecule has 0 spiro atoms. The van der Waals surface area contributed by atoms with Crippen molar-refractivity contribution in [2.24, 2.45) is 5.84 Å². The van der Waals surface area contributed by atoms with E-state index in [1.807, 2.05) is 29.8 Å². The van der Waals surface area contributed by atoms with Crippen molar-refractivity contribution in [2.75, 3.05) is 0 Å². The van der Waals surface area contributed by atoms with Gasteiger partial charge in [0, 0.05) is 17.4 Å². The summed E-state index contributed by atoms with van der Waals surface area (Å²) in [7, 11) is 0. The third-order valence-corrected chi connectivity index (χ3v) is 5.09. The first kappa shape index (κ1) is 15.7. The number of benzene rings is 1. The lowest BCUT2D eigenvalue weighted by molar-refractivity contribution is 0.514. The SMILES string of the molecule is CCn1nc(C)c(Br)c1CC(NN)c1ccccc1Br. The molecule has 0 aliphatic carbocycles. The molecule has 0 saturated heterocycles. The second-order valence-electron chi connectivity index (χ2n) is 4.61. The van der Waals surface area contributed by atoms with Gasteiger partial charge in [0.2, 0.25) is 0 Å². The van der Waals surface area contributed by atoms with E-state index in [2.05, 4.69) is 55.4 Å². The van der Waals surface area contributed by atoms with E-state index in [9.17, 15) is 0 Å². The molecule has 1 atom stereocenters. The molecule has 1 aromatic heterocycles. The number of halogens is 2. The Balaban J connectivity index is 2.34. The normalized spacial score (nSPS) is 12.7. The summed E-state index contributed by atoms with van der Waals surface area (Å²) in [6.45, 7) is 4.93. The zero-order valence-electron chi connectivity index (χ0n) is 11.5. The van der Waals surface area contributed by atoms with E-state index in [1.165, 1.54) is 0 Å². The van der Waals surface area contributed by atoms with Gasteiger partial charge in [-0.3, -0.25) is 16.0 Å². The highest BCUT2D eigenvalue weighted by Crippen LogP contribution is 2.29. The molecule has 4 nitrogen and oxygen atoms in total. The maximum Gasteiger partial charge on any atom is 0.0738 e. The van der Waals surface area contributed by atoms with Crippen molar-refractivity contribution in [3.8, 4) is 0 Å². The topological polar surface area (TPSA) is 55.9 Å². The van der Waals surface area contributed by atoms with Crippen molar-refractivity contribution in [1.82, 2.24) is 15.2 Å². The van der Waals surface area contributed by atoms with Gasteiger partial charge < -0.3 is 0 Å². The molecule has 1 heterocycles. The lowest BCUT2D eigenvalue weighted by Gasteiger charge is -2.18. The largest absolute Gasteiger partial charge is 0.271 e. The minimum atomic E-state index is 0.0308. The highest BCUT2D eigenvalue weighted by atomic mass is 79.9. The summed E-state index contributed by atoms with van der Waals surface area (Å²) < 4.78 is 4.13. The molecule has 0 radical (unpaired) electrons. The third-order valence-electron chi connectivity index (χ3n) is 3.33. The van der Waals surface area contributed by atoms with Crippen LogP contribution >= 0.6 is 31.9 Å². The minimum Gasteiger partial charge on any atom is -0.271 e. The molecule has 0 fully saturated rings. The Morgan fingerprint density at radius 1 is 1.35 bits per heavy atom. The van der Waals surface area contributed by atoms with Gasteiger partial charge in [-0.15, -0.1) is 0 Å². The van der Waals surface area contributed by atoms with Gasteiger partial charge in [0.25, 0.3) is 0 Å². The number of rotatable bonds is 5. The standard InChI is InChI=1S/C14H18Br2N4/c1-3-20-13(14(16)9(2)19-20)8-12(18-17)10-6-4-5-7-11(10)15/h4-7,12,18H,3,8,17H2,1-2H3. The number of hydrogen-bond donors (Lipinski definition) is 2. The summed E-state index contributed by atoms with van der Waals surface area (Å²) in [6.07, 6.45) is 0.772. The number of hydrazine groups is 1. The van der Waals surface area contributed by atoms with Crippen LogP contribution in [0.15, 0.2) is 33.2 Å². The molecule has 1 aromatic carbocycles. The number of nitrogens with two attached hydrogens (primary N) is 1. The van der Waals surface area contributed by atoms with Gasteiger partial charge in [-0.25, -0.2) is 0 Å². The number of aryl methyl sites for hydroxylation is 2. The van der Waals surface area contributed by atoms with Crippen LogP contribution in [0.1, 0.15) is 29.9 Å². The summed E-state index contributed by atoms with van der Waals surface area (Å²) in [6, 6.07) is 8.14. The molecule has 0 saturated carbocycles. The highest BCUT2D eigenvalue weighted by molar-refractivity contribution is 9.10. The van der Waals surface area contributed by atoms with Crippen LogP contribution in [0.25, 0.3) is 0 Å². The summed E-state index contributed by atoms with van der Waals surface area (Å²) in [4.78, 5) is 0. The van der Waals surface area contributed by atoms with Crippen molar-refractivity contribution >= 4 is 31.9 Å². The molecule has 3 N–H and O–H groups in total. The zero-order chi connectivity index (χ0) is 14.7. The molecule has 20 heavy (non-hydrogen) atoms.